The summed E-state index contributed by atoms with van der Waals surface area (Å²) >= 11 is 0. The van der Waals surface area contributed by atoms with Crippen molar-refractivity contribution < 1.29 is 76.1 Å². The zero-order chi connectivity index (χ0) is 40.9. The predicted octanol–water partition coefficient (Wildman–Crippen LogP) is -1.55. The Morgan fingerprint density at radius 1 is 0.618 bits per heavy atom. The molecule has 4 rings (SSSR count). The number of rotatable bonds is 16. The summed E-state index contributed by atoms with van der Waals surface area (Å²) in [4.78, 5) is 76.4. The Labute approximate surface area is 319 Å². The second-order valence-electron chi connectivity index (χ2n) is 15.3. The molecule has 4 aliphatic heterocycles. The van der Waals surface area contributed by atoms with Crippen molar-refractivity contribution in [2.45, 2.75) is 140 Å². The third-order valence-corrected chi connectivity index (χ3v) is 8.79. The molecular formula is C34H55N5O16. The highest BCUT2D eigenvalue weighted by atomic mass is 16.9. The molecule has 0 aromatic heterocycles. The summed E-state index contributed by atoms with van der Waals surface area (Å²) in [6.07, 6.45) is -8.10. The molecule has 4 heterocycles. The second-order valence-corrected chi connectivity index (χ2v) is 15.3. The first-order valence-electron chi connectivity index (χ1n) is 17.9. The molecule has 4 fully saturated rings. The molecule has 0 aromatic carbocycles. The lowest BCUT2D eigenvalue weighted by Crippen LogP contribution is -2.55. The summed E-state index contributed by atoms with van der Waals surface area (Å²) < 4.78 is 56.8. The predicted molar refractivity (Wildman–Crippen MR) is 184 cm³/mol. The highest BCUT2D eigenvalue weighted by molar-refractivity contribution is 5.87. The first kappa shape index (κ1) is 44.0. The van der Waals surface area contributed by atoms with Crippen molar-refractivity contribution in [2.75, 3.05) is 41.0 Å². The number of hydrogen-bond donors (Lipinski definition) is 5. The fourth-order valence-corrected chi connectivity index (χ4v) is 6.64. The van der Waals surface area contributed by atoms with Gasteiger partial charge in [0.1, 0.15) is 55.3 Å². The number of esters is 1. The number of alkyl carbamates (subject to hydrolysis) is 1. The summed E-state index contributed by atoms with van der Waals surface area (Å²) in [5, 5.41) is 12.7. The van der Waals surface area contributed by atoms with Crippen LogP contribution in [0.5, 0.6) is 0 Å². The molecule has 10 atom stereocenters. The maximum atomic E-state index is 13.4. The molecule has 4 saturated heterocycles. The summed E-state index contributed by atoms with van der Waals surface area (Å²) in [6.45, 7) is 10.4. The van der Waals surface area contributed by atoms with E-state index in [9.17, 15) is 28.8 Å². The van der Waals surface area contributed by atoms with Crippen LogP contribution in [0.15, 0.2) is 0 Å². The molecule has 55 heavy (non-hydrogen) atoms. The number of fused-ring (bicyclic) bond motifs is 2. The standard InChI is InChI=1S/C34H55N5O16/c1-32(2,3)55-31(45)37-14-21(43)39-16(23-25(47-9)27-29(49-23)53-33(4,5)51-27)11-18(40)35-13-20(42)38-17(12-19(41)36-15-22(44)46-8)24-26(48-10)28-30(50-24)54-34(6,7)52-28/h16-17,23-30H,11-15H2,1-10H3,(H,35,40)(H,36,41)(H,37,45)(H,38,42)(H,39,43)/t16-,17-,23+,24+,25-,26-,27+,28+,29+,30+/m0/s1. The van der Waals surface area contributed by atoms with Crippen LogP contribution in [0.1, 0.15) is 61.3 Å². The van der Waals surface area contributed by atoms with Crippen LogP contribution in [0.4, 0.5) is 4.79 Å². The van der Waals surface area contributed by atoms with Gasteiger partial charge in [-0.05, 0) is 48.5 Å². The van der Waals surface area contributed by atoms with Gasteiger partial charge in [-0.1, -0.05) is 0 Å². The van der Waals surface area contributed by atoms with Gasteiger partial charge in [-0.15, -0.1) is 0 Å². The molecule has 5 N–H and O–H groups in total. The van der Waals surface area contributed by atoms with E-state index in [-0.39, 0.29) is 6.42 Å². The summed E-state index contributed by atoms with van der Waals surface area (Å²) in [7, 11) is 4.02. The van der Waals surface area contributed by atoms with Crippen molar-refractivity contribution in [1.82, 2.24) is 26.6 Å². The van der Waals surface area contributed by atoms with Crippen molar-refractivity contribution in [2.24, 2.45) is 0 Å². The largest absolute Gasteiger partial charge is 0.468 e. The monoisotopic (exact) mass is 789 g/mol. The quantitative estimate of drug-likeness (QED) is 0.111. The van der Waals surface area contributed by atoms with E-state index in [0.29, 0.717) is 0 Å². The van der Waals surface area contributed by atoms with Gasteiger partial charge in [0.25, 0.3) is 0 Å². The molecule has 5 amide bonds. The Morgan fingerprint density at radius 3 is 1.44 bits per heavy atom. The van der Waals surface area contributed by atoms with Gasteiger partial charge in [0.05, 0.1) is 25.7 Å². The summed E-state index contributed by atoms with van der Waals surface area (Å²) in [5.74, 6) is -5.27. The van der Waals surface area contributed by atoms with Crippen molar-refractivity contribution in [3.63, 3.8) is 0 Å². The number of nitrogens with one attached hydrogen (secondary N) is 5. The van der Waals surface area contributed by atoms with E-state index in [1.807, 2.05) is 0 Å². The number of carbonyl (C=O) groups is 6. The zero-order valence-corrected chi connectivity index (χ0v) is 32.8. The highest BCUT2D eigenvalue weighted by Gasteiger charge is 2.58. The Morgan fingerprint density at radius 2 is 1.04 bits per heavy atom. The molecule has 312 valence electrons. The number of methoxy groups -OCH3 is 3. The Hall–Kier alpha value is -3.70. The van der Waals surface area contributed by atoms with Crippen LogP contribution in [0.2, 0.25) is 0 Å². The number of ether oxygens (including phenoxy) is 10. The van der Waals surface area contributed by atoms with Gasteiger partial charge in [0.2, 0.25) is 23.6 Å². The third kappa shape index (κ3) is 12.1. The van der Waals surface area contributed by atoms with E-state index in [0.717, 1.165) is 0 Å². The topological polar surface area (TPSA) is 255 Å². The minimum Gasteiger partial charge on any atom is -0.468 e. The molecule has 0 aliphatic carbocycles. The Balaban J connectivity index is 1.42. The Bertz CT molecular complexity index is 1420. The molecule has 0 bridgehead atoms. The van der Waals surface area contributed by atoms with Gasteiger partial charge in [0, 0.05) is 27.1 Å². The first-order valence-corrected chi connectivity index (χ1v) is 17.9. The molecule has 4 aliphatic rings. The van der Waals surface area contributed by atoms with Crippen LogP contribution in [-0.4, -0.2) is 155 Å². The average Bonchev–Trinajstić information content (AvgIpc) is 3.77. The van der Waals surface area contributed by atoms with Crippen molar-refractivity contribution in [1.29, 1.82) is 0 Å². The van der Waals surface area contributed by atoms with Gasteiger partial charge in [-0.2, -0.15) is 0 Å². The summed E-state index contributed by atoms with van der Waals surface area (Å²) in [5.41, 5.74) is -0.798. The maximum Gasteiger partial charge on any atom is 0.408 e. The maximum absolute atomic E-state index is 13.4. The van der Waals surface area contributed by atoms with Crippen LogP contribution in [0, 0.1) is 0 Å². The van der Waals surface area contributed by atoms with Crippen molar-refractivity contribution in [3.05, 3.63) is 0 Å². The zero-order valence-electron chi connectivity index (χ0n) is 32.8. The van der Waals surface area contributed by atoms with Crippen LogP contribution in [0.3, 0.4) is 0 Å². The fourth-order valence-electron chi connectivity index (χ4n) is 6.64. The van der Waals surface area contributed by atoms with Crippen LogP contribution < -0.4 is 26.6 Å². The molecule has 0 spiro atoms. The second kappa shape index (κ2) is 18.0. The van der Waals surface area contributed by atoms with E-state index in [1.54, 1.807) is 48.5 Å². The fraction of sp³-hybridized carbons (Fsp3) is 0.824. The number of carbonyl (C=O) groups excluding carboxylic acids is 6. The molecule has 21 nitrogen and oxygen atoms in total. The SMILES string of the molecule is COC(=O)CNC(=O)C[C@H](NC(=O)CNC(=O)C[C@H](NC(=O)CNC(=O)OC(C)(C)C)[C@H]1O[C@@H]2OC(C)(C)O[C@@H]2[C@H]1OC)[C@H]1O[C@@H]2OC(C)(C)O[C@@H]2[C@H]1OC. The van der Waals surface area contributed by atoms with E-state index in [1.165, 1.54) is 21.3 Å². The molecule has 0 radical (unpaired) electrons. The van der Waals surface area contributed by atoms with Crippen molar-refractivity contribution >= 4 is 35.7 Å². The molecule has 21 heteroatoms. The molecular weight excluding hydrogens is 734 g/mol. The minimum atomic E-state index is -1.05. The van der Waals surface area contributed by atoms with Gasteiger partial charge in [-0.25, -0.2) is 4.79 Å². The van der Waals surface area contributed by atoms with E-state index >= 15 is 0 Å². The Kier molecular flexibility index (Phi) is 14.4. The lowest BCUT2D eigenvalue weighted by Gasteiger charge is -2.31. The minimum absolute atomic E-state index is 0.351. The number of amides is 5. The molecule has 0 unspecified atom stereocenters. The van der Waals surface area contributed by atoms with Gasteiger partial charge >= 0.3 is 12.1 Å². The van der Waals surface area contributed by atoms with E-state index in [4.69, 9.17) is 42.6 Å². The highest BCUT2D eigenvalue weighted by Crippen LogP contribution is 2.41. The lowest BCUT2D eigenvalue weighted by molar-refractivity contribution is -0.220. The van der Waals surface area contributed by atoms with Gasteiger partial charge in [-0.3, -0.25) is 24.0 Å². The lowest BCUT2D eigenvalue weighted by atomic mass is 9.99. The molecule has 0 aromatic rings. The van der Waals surface area contributed by atoms with E-state index in [2.05, 4.69) is 31.3 Å². The normalized spacial score (nSPS) is 29.9. The molecule has 0 saturated carbocycles. The van der Waals surface area contributed by atoms with E-state index < -0.39 is 140 Å². The van der Waals surface area contributed by atoms with Gasteiger partial charge in [0.15, 0.2) is 24.2 Å². The first-order chi connectivity index (χ1) is 25.6. The smallest absolute Gasteiger partial charge is 0.408 e. The number of hydrogen-bond acceptors (Lipinski definition) is 16. The van der Waals surface area contributed by atoms with Crippen LogP contribution >= 0.6 is 0 Å². The summed E-state index contributed by atoms with van der Waals surface area (Å²) in [6, 6.07) is -2.08. The average molecular weight is 790 g/mol. The van der Waals surface area contributed by atoms with Crippen LogP contribution in [-0.2, 0) is 71.3 Å². The van der Waals surface area contributed by atoms with Gasteiger partial charge < -0.3 is 74.0 Å². The van der Waals surface area contributed by atoms with Crippen LogP contribution in [0.25, 0.3) is 0 Å². The van der Waals surface area contributed by atoms with Crippen molar-refractivity contribution in [3.8, 4) is 0 Å². The third-order valence-electron chi connectivity index (χ3n) is 8.79.